The Kier molecular flexibility index (Phi) is 5.40. The van der Waals surface area contributed by atoms with E-state index in [1.807, 2.05) is 23.1 Å². The Bertz CT molecular complexity index is 459. The number of aliphatic hydroxyl groups excluding tert-OH is 1. The van der Waals surface area contributed by atoms with Gasteiger partial charge in [0.05, 0.1) is 6.10 Å². The third-order valence-corrected chi connectivity index (χ3v) is 4.15. The van der Waals surface area contributed by atoms with E-state index >= 15 is 0 Å². The van der Waals surface area contributed by atoms with Crippen molar-refractivity contribution in [3.63, 3.8) is 0 Å². The highest BCUT2D eigenvalue weighted by Crippen LogP contribution is 2.22. The predicted molar refractivity (Wildman–Crippen MR) is 79.7 cm³/mol. The van der Waals surface area contributed by atoms with Gasteiger partial charge in [-0.05, 0) is 18.9 Å². The van der Waals surface area contributed by atoms with Crippen LogP contribution in [0.25, 0.3) is 0 Å². The first kappa shape index (κ1) is 15.3. The number of hydrogen-bond donors (Lipinski definition) is 2. The first-order valence-corrected chi connectivity index (χ1v) is 7.37. The summed E-state index contributed by atoms with van der Waals surface area (Å²) in [6, 6.07) is 7.69. The molecule has 20 heavy (non-hydrogen) atoms. The lowest BCUT2D eigenvalue weighted by atomic mass is 10.0. The van der Waals surface area contributed by atoms with Crippen LogP contribution in [0.1, 0.15) is 31.4 Å². The lowest BCUT2D eigenvalue weighted by Gasteiger charge is -2.32. The van der Waals surface area contributed by atoms with Gasteiger partial charge in [-0.1, -0.05) is 29.8 Å². The normalized spacial score (nSPS) is 18.1. The summed E-state index contributed by atoms with van der Waals surface area (Å²) < 4.78 is 0. The first-order chi connectivity index (χ1) is 9.58. The van der Waals surface area contributed by atoms with Crippen molar-refractivity contribution in [2.45, 2.75) is 31.9 Å². The molecular formula is C15H21ClN2O2. The summed E-state index contributed by atoms with van der Waals surface area (Å²) in [7, 11) is 0. The first-order valence-electron chi connectivity index (χ1n) is 6.99. The number of nitrogens with zero attached hydrogens (tertiary/aromatic N) is 1. The van der Waals surface area contributed by atoms with Gasteiger partial charge in [0.1, 0.15) is 0 Å². The van der Waals surface area contributed by atoms with Crippen molar-refractivity contribution in [3.05, 3.63) is 34.9 Å². The number of carbonyl (C=O) groups is 1. The van der Waals surface area contributed by atoms with E-state index in [0.717, 1.165) is 31.5 Å². The summed E-state index contributed by atoms with van der Waals surface area (Å²) in [6.45, 7) is 3.66. The van der Waals surface area contributed by atoms with Crippen LogP contribution >= 0.6 is 11.6 Å². The number of hydrogen-bond acceptors (Lipinski definition) is 3. The van der Waals surface area contributed by atoms with Gasteiger partial charge >= 0.3 is 0 Å². The number of piperidine rings is 1. The summed E-state index contributed by atoms with van der Waals surface area (Å²) in [5.74, 6) is 0.138. The van der Waals surface area contributed by atoms with Gasteiger partial charge in [0.25, 0.3) is 0 Å². The molecule has 0 aromatic heterocycles. The molecule has 1 atom stereocenters. The van der Waals surface area contributed by atoms with E-state index in [1.54, 1.807) is 13.0 Å². The van der Waals surface area contributed by atoms with Gasteiger partial charge < -0.3 is 15.3 Å². The molecule has 0 saturated carbocycles. The molecule has 0 radical (unpaired) electrons. The summed E-state index contributed by atoms with van der Waals surface area (Å²) in [4.78, 5) is 13.1. The second-order valence-corrected chi connectivity index (χ2v) is 5.63. The predicted octanol–water partition coefficient (Wildman–Crippen LogP) is 1.97. The molecule has 2 rings (SSSR count). The SMILES string of the molecule is CC(=O)N1CCC(NCC(O)c2ccccc2Cl)CC1. The molecular weight excluding hydrogens is 276 g/mol. The van der Waals surface area contributed by atoms with Crippen LogP contribution in [0.2, 0.25) is 5.02 Å². The monoisotopic (exact) mass is 296 g/mol. The average Bonchev–Trinajstić information content (AvgIpc) is 2.45. The molecule has 1 fully saturated rings. The maximum absolute atomic E-state index is 11.2. The molecule has 1 amide bonds. The van der Waals surface area contributed by atoms with Crippen LogP contribution in [0, 0.1) is 0 Å². The smallest absolute Gasteiger partial charge is 0.219 e. The lowest BCUT2D eigenvalue weighted by Crippen LogP contribution is -2.45. The summed E-state index contributed by atoms with van der Waals surface area (Å²) in [5, 5.41) is 14.1. The van der Waals surface area contributed by atoms with Crippen LogP contribution in [0.4, 0.5) is 0 Å². The third kappa shape index (κ3) is 3.95. The van der Waals surface area contributed by atoms with Crippen molar-refractivity contribution in [1.82, 2.24) is 10.2 Å². The fraction of sp³-hybridized carbons (Fsp3) is 0.533. The molecule has 2 N–H and O–H groups in total. The maximum Gasteiger partial charge on any atom is 0.219 e. The molecule has 4 nitrogen and oxygen atoms in total. The highest BCUT2D eigenvalue weighted by atomic mass is 35.5. The number of rotatable bonds is 4. The number of halogens is 1. The van der Waals surface area contributed by atoms with E-state index in [9.17, 15) is 9.90 Å². The Morgan fingerprint density at radius 1 is 1.45 bits per heavy atom. The van der Waals surface area contributed by atoms with Crippen LogP contribution in [-0.4, -0.2) is 41.6 Å². The molecule has 5 heteroatoms. The van der Waals surface area contributed by atoms with E-state index in [1.165, 1.54) is 0 Å². The van der Waals surface area contributed by atoms with Crippen molar-refractivity contribution in [2.24, 2.45) is 0 Å². The summed E-state index contributed by atoms with van der Waals surface area (Å²) >= 11 is 6.06. The maximum atomic E-state index is 11.2. The highest BCUT2D eigenvalue weighted by molar-refractivity contribution is 6.31. The van der Waals surface area contributed by atoms with Gasteiger partial charge in [0, 0.05) is 43.2 Å². The molecule has 0 spiro atoms. The van der Waals surface area contributed by atoms with Crippen LogP contribution in [0.5, 0.6) is 0 Å². The lowest BCUT2D eigenvalue weighted by molar-refractivity contribution is -0.129. The van der Waals surface area contributed by atoms with Gasteiger partial charge in [-0.3, -0.25) is 4.79 Å². The Balaban J connectivity index is 1.79. The summed E-state index contributed by atoms with van der Waals surface area (Å²) in [6.07, 6.45) is 1.25. The molecule has 110 valence electrons. The molecule has 1 aliphatic rings. The molecule has 0 aliphatic carbocycles. The van der Waals surface area contributed by atoms with Crippen LogP contribution in [-0.2, 0) is 4.79 Å². The second kappa shape index (κ2) is 7.07. The number of benzene rings is 1. The van der Waals surface area contributed by atoms with E-state index in [4.69, 9.17) is 11.6 Å². The quantitative estimate of drug-likeness (QED) is 0.893. The third-order valence-electron chi connectivity index (χ3n) is 3.80. The zero-order valence-electron chi connectivity index (χ0n) is 11.7. The fourth-order valence-corrected chi connectivity index (χ4v) is 2.79. The molecule has 1 heterocycles. The van der Waals surface area contributed by atoms with Crippen molar-refractivity contribution >= 4 is 17.5 Å². The largest absolute Gasteiger partial charge is 0.387 e. The fourth-order valence-electron chi connectivity index (χ4n) is 2.53. The van der Waals surface area contributed by atoms with Gasteiger partial charge in [-0.2, -0.15) is 0 Å². The Morgan fingerprint density at radius 2 is 2.10 bits per heavy atom. The standard InChI is InChI=1S/C15H21ClN2O2/c1-11(19)18-8-6-12(7-9-18)17-10-15(20)13-4-2-3-5-14(13)16/h2-5,12,15,17,20H,6-10H2,1H3. The number of aliphatic hydroxyl groups is 1. The molecule has 1 saturated heterocycles. The average molecular weight is 297 g/mol. The Hall–Kier alpha value is -1.10. The van der Waals surface area contributed by atoms with Gasteiger partial charge in [0.2, 0.25) is 5.91 Å². The molecule has 1 aromatic rings. The highest BCUT2D eigenvalue weighted by Gasteiger charge is 2.21. The zero-order valence-corrected chi connectivity index (χ0v) is 12.4. The van der Waals surface area contributed by atoms with Crippen LogP contribution in [0.3, 0.4) is 0 Å². The second-order valence-electron chi connectivity index (χ2n) is 5.23. The number of likely N-dealkylation sites (tertiary alicyclic amines) is 1. The van der Waals surface area contributed by atoms with Gasteiger partial charge in [-0.15, -0.1) is 0 Å². The van der Waals surface area contributed by atoms with E-state index < -0.39 is 6.10 Å². The van der Waals surface area contributed by atoms with E-state index in [0.29, 0.717) is 17.6 Å². The van der Waals surface area contributed by atoms with Crippen molar-refractivity contribution in [3.8, 4) is 0 Å². The zero-order chi connectivity index (χ0) is 14.5. The molecule has 0 bridgehead atoms. The van der Waals surface area contributed by atoms with Crippen molar-refractivity contribution in [2.75, 3.05) is 19.6 Å². The van der Waals surface area contributed by atoms with Crippen molar-refractivity contribution < 1.29 is 9.90 Å². The Morgan fingerprint density at radius 3 is 2.70 bits per heavy atom. The van der Waals surface area contributed by atoms with Gasteiger partial charge in [-0.25, -0.2) is 0 Å². The number of nitrogens with one attached hydrogen (secondary N) is 1. The number of carbonyl (C=O) groups excluding carboxylic acids is 1. The van der Waals surface area contributed by atoms with E-state index in [2.05, 4.69) is 5.32 Å². The minimum Gasteiger partial charge on any atom is -0.387 e. The van der Waals surface area contributed by atoms with Crippen molar-refractivity contribution in [1.29, 1.82) is 0 Å². The summed E-state index contributed by atoms with van der Waals surface area (Å²) in [5.41, 5.74) is 0.753. The topological polar surface area (TPSA) is 52.6 Å². The van der Waals surface area contributed by atoms with Gasteiger partial charge in [0.15, 0.2) is 0 Å². The minimum atomic E-state index is -0.602. The minimum absolute atomic E-state index is 0.138. The molecule has 1 unspecified atom stereocenters. The van der Waals surface area contributed by atoms with E-state index in [-0.39, 0.29) is 5.91 Å². The van der Waals surface area contributed by atoms with Crippen LogP contribution < -0.4 is 5.32 Å². The molecule has 1 aromatic carbocycles. The number of amides is 1. The van der Waals surface area contributed by atoms with Crippen LogP contribution in [0.15, 0.2) is 24.3 Å². The molecule has 1 aliphatic heterocycles. The Labute approximate surface area is 124 Å².